The maximum absolute atomic E-state index is 9.97. The molecule has 96 valence electrons. The van der Waals surface area contributed by atoms with Gasteiger partial charge in [-0.3, -0.25) is 0 Å². The smallest absolute Gasteiger partial charge is 0.0826 e. The molecule has 0 saturated carbocycles. The number of aliphatic hydroxyl groups is 1. The molecule has 1 unspecified atom stereocenters. The monoisotopic (exact) mass is 244 g/mol. The summed E-state index contributed by atoms with van der Waals surface area (Å²) in [4.78, 5) is 2.28. The van der Waals surface area contributed by atoms with E-state index in [1.54, 1.807) is 0 Å². The van der Waals surface area contributed by atoms with Crippen LogP contribution in [0.2, 0.25) is 0 Å². The minimum absolute atomic E-state index is 0.287. The van der Waals surface area contributed by atoms with E-state index < -0.39 is 0 Å². The average molecular weight is 244 g/mol. The Balaban J connectivity index is 2.13. The maximum Gasteiger partial charge on any atom is 0.0826 e. The van der Waals surface area contributed by atoms with Crippen LogP contribution in [0, 0.1) is 16.7 Å². The predicted octanol–water partition coefficient (Wildman–Crippen LogP) is 2.87. The first kappa shape index (κ1) is 12.9. The Morgan fingerprint density at radius 2 is 2.17 bits per heavy atom. The molecule has 1 aliphatic heterocycles. The van der Waals surface area contributed by atoms with E-state index in [1.807, 2.05) is 32.0 Å². The number of rotatable bonds is 3. The third kappa shape index (κ3) is 2.65. The Kier molecular flexibility index (Phi) is 3.58. The molecule has 1 heterocycles. The highest BCUT2D eigenvalue weighted by Crippen LogP contribution is 2.34. The van der Waals surface area contributed by atoms with E-state index in [1.165, 1.54) is 0 Å². The fraction of sp³-hybridized carbons (Fsp3) is 0.533. The minimum atomic E-state index is -0.346. The van der Waals surface area contributed by atoms with Gasteiger partial charge in [0.05, 0.1) is 17.6 Å². The number of nitriles is 1. The number of hydrogen-bond acceptors (Lipinski definition) is 3. The summed E-state index contributed by atoms with van der Waals surface area (Å²) in [5.41, 5.74) is 1.84. The van der Waals surface area contributed by atoms with Crippen molar-refractivity contribution in [3.05, 3.63) is 29.8 Å². The molecule has 1 aromatic carbocycles. The molecule has 0 aromatic heterocycles. The molecule has 3 heteroatoms. The standard InChI is InChI=1S/C15H20N2O/c1-15(2,11-16)8-10-17-9-7-14(18)12-5-3-4-6-13(12)17/h3-6,14,18H,7-10H2,1-2H3. The van der Waals surface area contributed by atoms with Gasteiger partial charge in [-0.2, -0.15) is 5.26 Å². The first-order chi connectivity index (χ1) is 8.53. The largest absolute Gasteiger partial charge is 0.388 e. The highest BCUT2D eigenvalue weighted by Gasteiger charge is 2.25. The second kappa shape index (κ2) is 4.99. The lowest BCUT2D eigenvalue weighted by Crippen LogP contribution is -2.33. The molecule has 1 aromatic rings. The Bertz CT molecular complexity index is 462. The molecule has 0 aliphatic carbocycles. The fourth-order valence-electron chi connectivity index (χ4n) is 2.31. The SMILES string of the molecule is CC(C)(C#N)CCN1CCC(O)c2ccccc21. The van der Waals surface area contributed by atoms with Crippen molar-refractivity contribution in [2.24, 2.45) is 5.41 Å². The molecule has 2 rings (SSSR count). The zero-order valence-corrected chi connectivity index (χ0v) is 11.1. The van der Waals surface area contributed by atoms with Gasteiger partial charge < -0.3 is 10.0 Å². The van der Waals surface area contributed by atoms with Crippen LogP contribution in [0.1, 0.15) is 38.4 Å². The van der Waals surface area contributed by atoms with Gasteiger partial charge in [-0.25, -0.2) is 0 Å². The topological polar surface area (TPSA) is 47.3 Å². The van der Waals surface area contributed by atoms with Crippen LogP contribution >= 0.6 is 0 Å². The lowest BCUT2D eigenvalue weighted by atomic mass is 9.90. The van der Waals surface area contributed by atoms with Gasteiger partial charge in [0.25, 0.3) is 0 Å². The van der Waals surface area contributed by atoms with E-state index in [0.717, 1.165) is 37.2 Å². The number of hydrogen-bond donors (Lipinski definition) is 1. The van der Waals surface area contributed by atoms with E-state index in [0.29, 0.717) is 0 Å². The predicted molar refractivity (Wildman–Crippen MR) is 72.2 cm³/mol. The molecular formula is C15H20N2O. The molecular weight excluding hydrogens is 224 g/mol. The van der Waals surface area contributed by atoms with Crippen LogP contribution in [0.15, 0.2) is 24.3 Å². The van der Waals surface area contributed by atoms with Gasteiger partial charge in [0.2, 0.25) is 0 Å². The van der Waals surface area contributed by atoms with Crippen molar-refractivity contribution in [1.82, 2.24) is 0 Å². The first-order valence-electron chi connectivity index (χ1n) is 6.47. The molecule has 0 radical (unpaired) electrons. The summed E-state index contributed by atoms with van der Waals surface area (Å²) in [6.45, 7) is 5.67. The summed E-state index contributed by atoms with van der Waals surface area (Å²) in [5, 5.41) is 19.0. The van der Waals surface area contributed by atoms with Crippen molar-refractivity contribution in [3.8, 4) is 6.07 Å². The Morgan fingerprint density at radius 1 is 1.44 bits per heavy atom. The summed E-state index contributed by atoms with van der Waals surface area (Å²) >= 11 is 0. The Hall–Kier alpha value is -1.53. The van der Waals surface area contributed by atoms with E-state index in [4.69, 9.17) is 5.26 Å². The second-order valence-corrected chi connectivity index (χ2v) is 5.60. The summed E-state index contributed by atoms with van der Waals surface area (Å²) in [5.74, 6) is 0. The van der Waals surface area contributed by atoms with Gasteiger partial charge in [-0.15, -0.1) is 0 Å². The zero-order chi connectivity index (χ0) is 13.2. The Labute approximate surface area is 109 Å². The molecule has 1 atom stereocenters. The quantitative estimate of drug-likeness (QED) is 0.889. The third-order valence-corrected chi connectivity index (χ3v) is 3.62. The molecule has 0 saturated heterocycles. The van der Waals surface area contributed by atoms with Gasteiger partial charge in [0.1, 0.15) is 0 Å². The number of benzene rings is 1. The van der Waals surface area contributed by atoms with Crippen molar-refractivity contribution < 1.29 is 5.11 Å². The third-order valence-electron chi connectivity index (χ3n) is 3.62. The number of aliphatic hydroxyl groups excluding tert-OH is 1. The van der Waals surface area contributed by atoms with Crippen LogP contribution in [0.4, 0.5) is 5.69 Å². The van der Waals surface area contributed by atoms with Crippen LogP contribution in [0.3, 0.4) is 0 Å². The van der Waals surface area contributed by atoms with Crippen molar-refractivity contribution in [3.63, 3.8) is 0 Å². The molecule has 0 amide bonds. The molecule has 1 N–H and O–H groups in total. The van der Waals surface area contributed by atoms with Crippen molar-refractivity contribution in [2.45, 2.75) is 32.8 Å². The summed E-state index contributed by atoms with van der Waals surface area (Å²) < 4.78 is 0. The van der Waals surface area contributed by atoms with Gasteiger partial charge in [0.15, 0.2) is 0 Å². The van der Waals surface area contributed by atoms with Gasteiger partial charge in [0, 0.05) is 24.3 Å². The van der Waals surface area contributed by atoms with Gasteiger partial charge in [-0.05, 0) is 32.8 Å². The van der Waals surface area contributed by atoms with Crippen LogP contribution in [-0.2, 0) is 0 Å². The lowest BCUT2D eigenvalue weighted by Gasteiger charge is -2.35. The van der Waals surface area contributed by atoms with E-state index in [9.17, 15) is 5.11 Å². The highest BCUT2D eigenvalue weighted by molar-refractivity contribution is 5.56. The van der Waals surface area contributed by atoms with E-state index >= 15 is 0 Å². The van der Waals surface area contributed by atoms with Gasteiger partial charge in [-0.1, -0.05) is 18.2 Å². The minimum Gasteiger partial charge on any atom is -0.388 e. The first-order valence-corrected chi connectivity index (χ1v) is 6.47. The van der Waals surface area contributed by atoms with Crippen molar-refractivity contribution >= 4 is 5.69 Å². The van der Waals surface area contributed by atoms with Crippen LogP contribution in [0.25, 0.3) is 0 Å². The molecule has 3 nitrogen and oxygen atoms in total. The van der Waals surface area contributed by atoms with Crippen LogP contribution in [0.5, 0.6) is 0 Å². The van der Waals surface area contributed by atoms with Gasteiger partial charge >= 0.3 is 0 Å². The van der Waals surface area contributed by atoms with E-state index in [2.05, 4.69) is 17.0 Å². The summed E-state index contributed by atoms with van der Waals surface area (Å²) in [7, 11) is 0. The lowest BCUT2D eigenvalue weighted by molar-refractivity contribution is 0.164. The molecule has 0 bridgehead atoms. The molecule has 18 heavy (non-hydrogen) atoms. The fourth-order valence-corrected chi connectivity index (χ4v) is 2.31. The second-order valence-electron chi connectivity index (χ2n) is 5.60. The normalized spacial score (nSPS) is 19.2. The summed E-state index contributed by atoms with van der Waals surface area (Å²) in [6, 6.07) is 10.3. The Morgan fingerprint density at radius 3 is 2.89 bits per heavy atom. The van der Waals surface area contributed by atoms with Crippen molar-refractivity contribution in [1.29, 1.82) is 5.26 Å². The molecule has 1 aliphatic rings. The number of nitrogens with zero attached hydrogens (tertiary/aromatic N) is 2. The average Bonchev–Trinajstić information content (AvgIpc) is 2.38. The van der Waals surface area contributed by atoms with Crippen LogP contribution in [-0.4, -0.2) is 18.2 Å². The summed E-state index contributed by atoms with van der Waals surface area (Å²) in [6.07, 6.45) is 1.26. The molecule has 0 spiro atoms. The number of fused-ring (bicyclic) bond motifs is 1. The molecule has 0 fully saturated rings. The zero-order valence-electron chi connectivity index (χ0n) is 11.1. The van der Waals surface area contributed by atoms with Crippen LogP contribution < -0.4 is 4.90 Å². The highest BCUT2D eigenvalue weighted by atomic mass is 16.3. The van der Waals surface area contributed by atoms with Crippen molar-refractivity contribution in [2.75, 3.05) is 18.0 Å². The van der Waals surface area contributed by atoms with E-state index in [-0.39, 0.29) is 11.5 Å². The number of para-hydroxylation sites is 1. The number of anilines is 1. The maximum atomic E-state index is 9.97.